The quantitative estimate of drug-likeness (QED) is 0.366. The average molecular weight is 547 g/mol. The number of thioether (sulfide) groups is 1. The maximum atomic E-state index is 13.8. The zero-order valence-corrected chi connectivity index (χ0v) is 21.6. The summed E-state index contributed by atoms with van der Waals surface area (Å²) in [6.45, 7) is 1.74. The number of halogens is 3. The van der Waals surface area contributed by atoms with E-state index in [-0.39, 0.29) is 22.8 Å². The summed E-state index contributed by atoms with van der Waals surface area (Å²) in [4.78, 5) is 28.8. The molecular formula is C26H22Cl3N3O2S. The highest BCUT2D eigenvalue weighted by Gasteiger charge is 2.38. The van der Waals surface area contributed by atoms with Crippen LogP contribution in [0.4, 0.5) is 11.4 Å². The molecule has 0 bridgehead atoms. The lowest BCUT2D eigenvalue weighted by atomic mass is 9.97. The molecule has 1 amide bonds. The van der Waals surface area contributed by atoms with E-state index in [1.54, 1.807) is 24.3 Å². The molecule has 0 aromatic heterocycles. The van der Waals surface area contributed by atoms with Crippen molar-refractivity contribution in [3.8, 4) is 0 Å². The first kappa shape index (κ1) is 24.5. The summed E-state index contributed by atoms with van der Waals surface area (Å²) < 4.78 is 0. The summed E-state index contributed by atoms with van der Waals surface area (Å²) in [6, 6.07) is 17.3. The molecule has 35 heavy (non-hydrogen) atoms. The van der Waals surface area contributed by atoms with Crippen LogP contribution in [0, 0.1) is 0 Å². The summed E-state index contributed by atoms with van der Waals surface area (Å²) in [5, 5.41) is 7.32. The van der Waals surface area contributed by atoms with Crippen LogP contribution >= 0.6 is 46.6 Å². The molecule has 2 aliphatic rings. The van der Waals surface area contributed by atoms with Crippen LogP contribution in [0.3, 0.4) is 0 Å². The summed E-state index contributed by atoms with van der Waals surface area (Å²) in [5.74, 6) is 1.47. The van der Waals surface area contributed by atoms with E-state index in [2.05, 4.69) is 21.6 Å². The van der Waals surface area contributed by atoms with Gasteiger partial charge in [0.1, 0.15) is 6.04 Å². The van der Waals surface area contributed by atoms with Gasteiger partial charge in [-0.25, -0.2) is 0 Å². The molecule has 0 spiro atoms. The van der Waals surface area contributed by atoms with Crippen molar-refractivity contribution in [3.63, 3.8) is 0 Å². The standard InChI is InChI=1S/C26H22Cl3N3O2S/c27-17-9-16(10-18(28)11-17)26(34)30-19-5-6-20(21(29)12-19)25(33)24-23-14-35-8-7-32(23)13-15-3-1-2-4-22(15)31-24/h1-6,9-12,23-24,31H,7-8,13-14H2,(H,30,34). The number of hydrogen-bond acceptors (Lipinski definition) is 5. The number of para-hydroxylation sites is 1. The van der Waals surface area contributed by atoms with Gasteiger partial charge in [0.15, 0.2) is 5.78 Å². The lowest BCUT2D eigenvalue weighted by molar-refractivity contribution is 0.0906. The van der Waals surface area contributed by atoms with Gasteiger partial charge in [-0.3, -0.25) is 14.5 Å². The van der Waals surface area contributed by atoms with Gasteiger partial charge >= 0.3 is 0 Å². The van der Waals surface area contributed by atoms with Gasteiger partial charge in [-0.1, -0.05) is 53.0 Å². The smallest absolute Gasteiger partial charge is 0.255 e. The number of ketones is 1. The third-order valence-electron chi connectivity index (χ3n) is 6.27. The molecule has 2 atom stereocenters. The third kappa shape index (κ3) is 5.32. The van der Waals surface area contributed by atoms with Gasteiger partial charge < -0.3 is 10.6 Å². The van der Waals surface area contributed by atoms with Crippen LogP contribution in [-0.4, -0.2) is 46.7 Å². The molecule has 0 radical (unpaired) electrons. The molecule has 2 unspecified atom stereocenters. The summed E-state index contributed by atoms with van der Waals surface area (Å²) in [7, 11) is 0. The van der Waals surface area contributed by atoms with E-state index >= 15 is 0 Å². The Kier molecular flexibility index (Phi) is 7.28. The highest BCUT2D eigenvalue weighted by Crippen LogP contribution is 2.32. The van der Waals surface area contributed by atoms with Crippen molar-refractivity contribution in [2.75, 3.05) is 28.7 Å². The van der Waals surface area contributed by atoms with Gasteiger partial charge in [-0.2, -0.15) is 11.8 Å². The van der Waals surface area contributed by atoms with Crippen LogP contribution in [0.15, 0.2) is 60.7 Å². The number of rotatable bonds is 4. The highest BCUT2D eigenvalue weighted by molar-refractivity contribution is 7.99. The van der Waals surface area contributed by atoms with Crippen LogP contribution < -0.4 is 10.6 Å². The fourth-order valence-corrected chi connectivity index (χ4v) is 6.51. The molecule has 5 rings (SSSR count). The Morgan fingerprint density at radius 1 is 1.00 bits per heavy atom. The molecule has 3 aromatic carbocycles. The predicted molar refractivity (Wildman–Crippen MR) is 146 cm³/mol. The number of amides is 1. The molecule has 2 heterocycles. The summed E-state index contributed by atoms with van der Waals surface area (Å²) >= 11 is 20.5. The predicted octanol–water partition coefficient (Wildman–Crippen LogP) is 6.49. The van der Waals surface area contributed by atoms with Crippen LogP contribution in [0.25, 0.3) is 0 Å². The highest BCUT2D eigenvalue weighted by atomic mass is 35.5. The Bertz CT molecular complexity index is 1280. The van der Waals surface area contributed by atoms with Gasteiger partial charge in [-0.15, -0.1) is 0 Å². The topological polar surface area (TPSA) is 61.4 Å². The minimum atomic E-state index is -0.432. The van der Waals surface area contributed by atoms with E-state index in [9.17, 15) is 9.59 Å². The maximum absolute atomic E-state index is 13.8. The van der Waals surface area contributed by atoms with E-state index in [0.29, 0.717) is 26.9 Å². The summed E-state index contributed by atoms with van der Waals surface area (Å²) in [5.41, 5.74) is 3.38. The van der Waals surface area contributed by atoms with Crippen molar-refractivity contribution in [1.82, 2.24) is 4.90 Å². The second kappa shape index (κ2) is 10.4. The van der Waals surface area contributed by atoms with E-state index in [4.69, 9.17) is 34.8 Å². The van der Waals surface area contributed by atoms with Gasteiger partial charge in [0.25, 0.3) is 5.91 Å². The molecule has 9 heteroatoms. The lowest BCUT2D eigenvalue weighted by Crippen LogP contribution is -2.53. The van der Waals surface area contributed by atoms with E-state index in [0.717, 1.165) is 30.3 Å². The van der Waals surface area contributed by atoms with Gasteiger partial charge in [0.05, 0.1) is 5.02 Å². The van der Waals surface area contributed by atoms with E-state index in [1.165, 1.54) is 17.7 Å². The van der Waals surface area contributed by atoms with E-state index < -0.39 is 6.04 Å². The second-order valence-corrected chi connectivity index (χ2v) is 11.0. The zero-order valence-electron chi connectivity index (χ0n) is 18.6. The third-order valence-corrected chi connectivity index (χ3v) is 8.06. The normalized spacial score (nSPS) is 19.6. The number of carbonyl (C=O) groups is 2. The van der Waals surface area contributed by atoms with E-state index in [1.807, 2.05) is 30.0 Å². The van der Waals surface area contributed by atoms with Crippen molar-refractivity contribution in [3.05, 3.63) is 92.4 Å². The van der Waals surface area contributed by atoms with Crippen molar-refractivity contribution >= 4 is 69.6 Å². The number of fused-ring (bicyclic) bond motifs is 2. The van der Waals surface area contributed by atoms with Crippen LogP contribution in [-0.2, 0) is 6.54 Å². The number of anilines is 2. The number of nitrogens with zero attached hydrogens (tertiary/aromatic N) is 1. The number of nitrogens with one attached hydrogen (secondary N) is 2. The monoisotopic (exact) mass is 545 g/mol. The van der Waals surface area contributed by atoms with Gasteiger partial charge in [0.2, 0.25) is 0 Å². The average Bonchev–Trinajstić information content (AvgIpc) is 3.00. The van der Waals surface area contributed by atoms with Gasteiger partial charge in [-0.05, 0) is 48.0 Å². The Morgan fingerprint density at radius 2 is 1.77 bits per heavy atom. The maximum Gasteiger partial charge on any atom is 0.255 e. The molecule has 1 fully saturated rings. The van der Waals surface area contributed by atoms with Gasteiger partial charge in [0, 0.05) is 63.2 Å². The molecule has 2 N–H and O–H groups in total. The first-order chi connectivity index (χ1) is 16.9. The van der Waals surface area contributed by atoms with Crippen LogP contribution in [0.1, 0.15) is 26.3 Å². The minimum absolute atomic E-state index is 0.0525. The van der Waals surface area contributed by atoms with Crippen molar-refractivity contribution < 1.29 is 9.59 Å². The first-order valence-corrected chi connectivity index (χ1v) is 13.5. The largest absolute Gasteiger partial charge is 0.373 e. The molecule has 0 saturated carbocycles. The molecular weight excluding hydrogens is 525 g/mol. The van der Waals surface area contributed by atoms with Crippen molar-refractivity contribution in [2.45, 2.75) is 18.6 Å². The molecule has 5 nitrogen and oxygen atoms in total. The SMILES string of the molecule is O=C(Nc1ccc(C(=O)C2Nc3ccccc3CN3CCSCC23)c(Cl)c1)c1cc(Cl)cc(Cl)c1. The molecule has 2 aliphatic heterocycles. The van der Waals surface area contributed by atoms with Crippen LogP contribution in [0.5, 0.6) is 0 Å². The Hall–Kier alpha value is -2.22. The molecule has 3 aromatic rings. The Labute approximate surface area is 223 Å². The molecule has 180 valence electrons. The van der Waals surface area contributed by atoms with Crippen molar-refractivity contribution in [2.24, 2.45) is 0 Å². The second-order valence-electron chi connectivity index (χ2n) is 8.56. The number of Topliss-reactive ketones (excluding diaryl/α,β-unsaturated/α-hetero) is 1. The number of benzene rings is 3. The lowest BCUT2D eigenvalue weighted by Gasteiger charge is -2.37. The first-order valence-electron chi connectivity index (χ1n) is 11.2. The number of hydrogen-bond donors (Lipinski definition) is 2. The summed E-state index contributed by atoms with van der Waals surface area (Å²) in [6.07, 6.45) is 0. The molecule has 1 saturated heterocycles. The van der Waals surface area contributed by atoms with Crippen LogP contribution in [0.2, 0.25) is 15.1 Å². The Morgan fingerprint density at radius 3 is 2.54 bits per heavy atom. The number of carbonyl (C=O) groups excluding carboxylic acids is 2. The zero-order chi connectivity index (χ0) is 24.5. The fourth-order valence-electron chi connectivity index (χ4n) is 4.53. The molecule has 0 aliphatic carbocycles. The van der Waals surface area contributed by atoms with Crippen molar-refractivity contribution in [1.29, 1.82) is 0 Å². The Balaban J connectivity index is 1.39. The minimum Gasteiger partial charge on any atom is -0.373 e. The fraction of sp³-hybridized carbons (Fsp3) is 0.231.